The van der Waals surface area contributed by atoms with Crippen LogP contribution in [0.1, 0.15) is 24.3 Å². The molecule has 0 atom stereocenters. The summed E-state index contributed by atoms with van der Waals surface area (Å²) in [5.74, 6) is 0.452. The number of rotatable bonds is 2. The van der Waals surface area contributed by atoms with E-state index in [9.17, 15) is 4.39 Å². The average molecular weight is 195 g/mol. The first kappa shape index (κ1) is 9.46. The maximum Gasteiger partial charge on any atom is 0.165 e. The largest absolute Gasteiger partial charge is 0.494 e. The van der Waals surface area contributed by atoms with Gasteiger partial charge in [0.05, 0.1) is 7.11 Å². The van der Waals surface area contributed by atoms with Crippen molar-refractivity contribution in [1.29, 1.82) is 0 Å². The van der Waals surface area contributed by atoms with Gasteiger partial charge in [-0.1, -0.05) is 6.07 Å². The first-order valence-corrected chi connectivity index (χ1v) is 4.79. The maximum absolute atomic E-state index is 13.3. The van der Waals surface area contributed by atoms with E-state index in [4.69, 9.17) is 10.5 Å². The molecule has 2 rings (SSSR count). The van der Waals surface area contributed by atoms with E-state index in [0.717, 1.165) is 18.4 Å². The van der Waals surface area contributed by atoms with E-state index in [-0.39, 0.29) is 5.82 Å². The van der Waals surface area contributed by atoms with Crippen molar-refractivity contribution in [2.75, 3.05) is 7.11 Å². The molecular weight excluding hydrogens is 181 g/mol. The van der Waals surface area contributed by atoms with Crippen LogP contribution < -0.4 is 10.5 Å². The van der Waals surface area contributed by atoms with Crippen LogP contribution in [-0.4, -0.2) is 13.2 Å². The molecule has 0 aliphatic heterocycles. The van der Waals surface area contributed by atoms with Crippen LogP contribution in [0.5, 0.6) is 5.75 Å². The molecule has 0 unspecified atom stereocenters. The van der Waals surface area contributed by atoms with Crippen LogP contribution in [0.4, 0.5) is 4.39 Å². The summed E-state index contributed by atoms with van der Waals surface area (Å²) in [5.41, 5.74) is 6.71. The highest BCUT2D eigenvalue weighted by atomic mass is 19.1. The fourth-order valence-corrected chi connectivity index (χ4v) is 1.87. The molecule has 0 amide bonds. The average Bonchev–Trinajstić information content (AvgIpc) is 2.13. The van der Waals surface area contributed by atoms with Gasteiger partial charge in [0.2, 0.25) is 0 Å². The fraction of sp³-hybridized carbons (Fsp3) is 0.455. The van der Waals surface area contributed by atoms with Crippen molar-refractivity contribution in [3.63, 3.8) is 0 Å². The highest BCUT2D eigenvalue weighted by Gasteiger charge is 2.27. The molecule has 1 aliphatic rings. The van der Waals surface area contributed by atoms with Gasteiger partial charge in [-0.2, -0.15) is 0 Å². The monoisotopic (exact) mass is 195 g/mol. The van der Waals surface area contributed by atoms with Crippen LogP contribution in [0.3, 0.4) is 0 Å². The summed E-state index contributed by atoms with van der Waals surface area (Å²) < 4.78 is 18.2. The number of halogens is 1. The van der Waals surface area contributed by atoms with Gasteiger partial charge >= 0.3 is 0 Å². The Morgan fingerprint density at radius 3 is 2.64 bits per heavy atom. The van der Waals surface area contributed by atoms with Crippen molar-refractivity contribution in [1.82, 2.24) is 0 Å². The lowest BCUT2D eigenvalue weighted by Crippen LogP contribution is -2.34. The standard InChI is InChI=1S/C11H14FNO/c1-14-11-3-2-7(6-10(11)12)8-4-9(13)5-8/h2-3,6,8-9H,4-5,13H2,1H3. The van der Waals surface area contributed by atoms with E-state index in [0.29, 0.717) is 17.7 Å². The third-order valence-corrected chi connectivity index (χ3v) is 2.82. The Morgan fingerprint density at radius 1 is 1.43 bits per heavy atom. The van der Waals surface area contributed by atoms with E-state index in [1.807, 2.05) is 6.07 Å². The Balaban J connectivity index is 2.16. The number of methoxy groups -OCH3 is 1. The molecular formula is C11H14FNO. The quantitative estimate of drug-likeness (QED) is 0.783. The Kier molecular flexibility index (Phi) is 2.42. The minimum atomic E-state index is -0.287. The second-order valence-corrected chi connectivity index (χ2v) is 3.82. The number of nitrogens with two attached hydrogens (primary N) is 1. The SMILES string of the molecule is COc1ccc(C2CC(N)C2)cc1F. The van der Waals surface area contributed by atoms with E-state index >= 15 is 0 Å². The molecule has 1 aromatic rings. The predicted molar refractivity (Wildman–Crippen MR) is 52.9 cm³/mol. The molecule has 0 bridgehead atoms. The van der Waals surface area contributed by atoms with Crippen LogP contribution in [0, 0.1) is 5.82 Å². The molecule has 0 heterocycles. The molecule has 2 N–H and O–H groups in total. The maximum atomic E-state index is 13.3. The molecule has 0 spiro atoms. The summed E-state index contributed by atoms with van der Waals surface area (Å²) in [4.78, 5) is 0. The smallest absolute Gasteiger partial charge is 0.165 e. The molecule has 0 aromatic heterocycles. The number of ether oxygens (including phenoxy) is 1. The third kappa shape index (κ3) is 1.60. The van der Waals surface area contributed by atoms with Gasteiger partial charge in [0.1, 0.15) is 0 Å². The number of hydrogen-bond acceptors (Lipinski definition) is 2. The van der Waals surface area contributed by atoms with Gasteiger partial charge < -0.3 is 10.5 Å². The third-order valence-electron chi connectivity index (χ3n) is 2.82. The van der Waals surface area contributed by atoms with E-state index in [2.05, 4.69) is 0 Å². The number of hydrogen-bond donors (Lipinski definition) is 1. The topological polar surface area (TPSA) is 35.2 Å². The van der Waals surface area contributed by atoms with Gasteiger partial charge in [-0.3, -0.25) is 0 Å². The summed E-state index contributed by atoms with van der Waals surface area (Å²) in [7, 11) is 1.47. The van der Waals surface area contributed by atoms with Crippen molar-refractivity contribution in [3.8, 4) is 5.75 Å². The van der Waals surface area contributed by atoms with Crippen LogP contribution in [0.2, 0.25) is 0 Å². The summed E-state index contributed by atoms with van der Waals surface area (Å²) in [6.45, 7) is 0. The highest BCUT2D eigenvalue weighted by molar-refractivity contribution is 5.32. The second-order valence-electron chi connectivity index (χ2n) is 3.82. The van der Waals surface area contributed by atoms with E-state index in [1.165, 1.54) is 7.11 Å². The van der Waals surface area contributed by atoms with Gasteiger partial charge in [-0.15, -0.1) is 0 Å². The van der Waals surface area contributed by atoms with E-state index in [1.54, 1.807) is 12.1 Å². The minimum Gasteiger partial charge on any atom is -0.494 e. The zero-order valence-electron chi connectivity index (χ0n) is 8.16. The highest BCUT2D eigenvalue weighted by Crippen LogP contribution is 2.36. The lowest BCUT2D eigenvalue weighted by Gasteiger charge is -2.32. The molecule has 14 heavy (non-hydrogen) atoms. The van der Waals surface area contributed by atoms with Crippen LogP contribution in [-0.2, 0) is 0 Å². The molecule has 1 fully saturated rings. The summed E-state index contributed by atoms with van der Waals surface area (Å²) in [6, 6.07) is 5.44. The van der Waals surface area contributed by atoms with Crippen LogP contribution >= 0.6 is 0 Å². The summed E-state index contributed by atoms with van der Waals surface area (Å²) >= 11 is 0. The van der Waals surface area contributed by atoms with Gasteiger partial charge in [0.25, 0.3) is 0 Å². The van der Waals surface area contributed by atoms with Crippen LogP contribution in [0.15, 0.2) is 18.2 Å². The second kappa shape index (κ2) is 3.58. The molecule has 3 heteroatoms. The Bertz CT molecular complexity index is 334. The molecule has 2 nitrogen and oxygen atoms in total. The zero-order valence-corrected chi connectivity index (χ0v) is 8.16. The first-order chi connectivity index (χ1) is 6.70. The van der Waals surface area contributed by atoms with Crippen molar-refractivity contribution in [2.24, 2.45) is 5.73 Å². The van der Waals surface area contributed by atoms with Crippen molar-refractivity contribution >= 4 is 0 Å². The van der Waals surface area contributed by atoms with Gasteiger partial charge in [-0.05, 0) is 36.5 Å². The van der Waals surface area contributed by atoms with Crippen LogP contribution in [0.25, 0.3) is 0 Å². The van der Waals surface area contributed by atoms with Gasteiger partial charge in [0.15, 0.2) is 11.6 Å². The van der Waals surface area contributed by atoms with Crippen molar-refractivity contribution < 1.29 is 9.13 Å². The minimum absolute atomic E-state index is 0.287. The molecule has 1 aromatic carbocycles. The van der Waals surface area contributed by atoms with Gasteiger partial charge in [0, 0.05) is 6.04 Å². The molecule has 1 aliphatic carbocycles. The Morgan fingerprint density at radius 2 is 2.14 bits per heavy atom. The Hall–Kier alpha value is -1.09. The van der Waals surface area contributed by atoms with Gasteiger partial charge in [-0.25, -0.2) is 4.39 Å². The summed E-state index contributed by atoms with van der Waals surface area (Å²) in [6.07, 6.45) is 1.93. The number of benzene rings is 1. The normalized spacial score (nSPS) is 25.6. The zero-order chi connectivity index (χ0) is 10.1. The van der Waals surface area contributed by atoms with Crippen molar-refractivity contribution in [2.45, 2.75) is 24.8 Å². The summed E-state index contributed by atoms with van der Waals surface area (Å²) in [5, 5.41) is 0. The molecule has 76 valence electrons. The fourth-order valence-electron chi connectivity index (χ4n) is 1.87. The first-order valence-electron chi connectivity index (χ1n) is 4.79. The van der Waals surface area contributed by atoms with Crippen molar-refractivity contribution in [3.05, 3.63) is 29.6 Å². The molecule has 0 radical (unpaired) electrons. The molecule has 1 saturated carbocycles. The van der Waals surface area contributed by atoms with E-state index < -0.39 is 0 Å². The lowest BCUT2D eigenvalue weighted by molar-refractivity contribution is 0.348. The predicted octanol–water partition coefficient (Wildman–Crippen LogP) is 2.04. The molecule has 0 saturated heterocycles. The Labute approximate surface area is 82.9 Å². The lowest BCUT2D eigenvalue weighted by atomic mass is 9.76.